The Morgan fingerprint density at radius 1 is 1.53 bits per heavy atom. The van der Waals surface area contributed by atoms with Crippen LogP contribution < -0.4 is 0 Å². The van der Waals surface area contributed by atoms with E-state index in [-0.39, 0.29) is 4.16 Å². The molecule has 17 heavy (non-hydrogen) atoms. The lowest BCUT2D eigenvalue weighted by atomic mass is 10.2. The molecule has 0 aromatic carbocycles. The fourth-order valence-corrected chi connectivity index (χ4v) is 3.54. The van der Waals surface area contributed by atoms with Crippen LogP contribution >= 0.6 is 27.7 Å². The van der Waals surface area contributed by atoms with Gasteiger partial charge in [0.2, 0.25) is 0 Å². The predicted molar refractivity (Wildman–Crippen MR) is 69.4 cm³/mol. The monoisotopic (exact) mass is 307 g/mol. The Kier molecular flexibility index (Phi) is 2.63. The van der Waals surface area contributed by atoms with E-state index in [1.54, 1.807) is 35.0 Å². The highest BCUT2D eigenvalue weighted by molar-refractivity contribution is 9.11. The summed E-state index contributed by atoms with van der Waals surface area (Å²) in [5.74, 6) is 1.94. The molecule has 1 unspecified atom stereocenters. The molecule has 1 aliphatic heterocycles. The first-order chi connectivity index (χ1) is 8.31. The Balaban J connectivity index is 2.16. The third-order valence-corrected chi connectivity index (χ3v) is 4.49. The number of alkyl halides is 1. The summed E-state index contributed by atoms with van der Waals surface area (Å²) in [6.07, 6.45) is 5.12. The molecule has 1 atom stereocenters. The maximum absolute atomic E-state index is 10.9. The van der Waals surface area contributed by atoms with E-state index in [0.717, 1.165) is 16.3 Å². The van der Waals surface area contributed by atoms with Crippen LogP contribution in [0.2, 0.25) is 0 Å². The molecule has 4 nitrogen and oxygen atoms in total. The molecule has 0 saturated heterocycles. The van der Waals surface area contributed by atoms with Crippen molar-refractivity contribution in [3.05, 3.63) is 30.9 Å². The van der Waals surface area contributed by atoms with Gasteiger partial charge in [0, 0.05) is 18.0 Å². The molecule has 0 aliphatic carbocycles. The molecular formula is C11H6BrN3OS. The Labute approximate surface area is 110 Å². The first kappa shape index (κ1) is 10.8. The van der Waals surface area contributed by atoms with Crippen LogP contribution in [0.1, 0.15) is 0 Å². The first-order valence-corrected chi connectivity index (χ1v) is 6.64. The van der Waals surface area contributed by atoms with Gasteiger partial charge in [0.05, 0.1) is 0 Å². The number of halogens is 1. The summed E-state index contributed by atoms with van der Waals surface area (Å²) in [7, 11) is 0. The molecular weight excluding hydrogens is 302 g/mol. The molecule has 0 fully saturated rings. The SMILES string of the molecule is O=C=C1C(Br)Sc2c(-c3cccnc3)ncn21. The summed E-state index contributed by atoms with van der Waals surface area (Å²) < 4.78 is 1.70. The lowest BCUT2D eigenvalue weighted by Gasteiger charge is -1.98. The lowest BCUT2D eigenvalue weighted by Crippen LogP contribution is -1.96. The number of nitrogens with zero attached hydrogens (tertiary/aromatic N) is 3. The van der Waals surface area contributed by atoms with Crippen LogP contribution in [0.15, 0.2) is 35.9 Å². The van der Waals surface area contributed by atoms with Crippen molar-refractivity contribution >= 4 is 39.3 Å². The van der Waals surface area contributed by atoms with E-state index in [1.807, 2.05) is 18.1 Å². The van der Waals surface area contributed by atoms with E-state index >= 15 is 0 Å². The minimum atomic E-state index is -0.0616. The van der Waals surface area contributed by atoms with Gasteiger partial charge in [0.1, 0.15) is 32.8 Å². The van der Waals surface area contributed by atoms with Crippen molar-refractivity contribution in [3.8, 4) is 11.3 Å². The molecule has 3 heterocycles. The van der Waals surface area contributed by atoms with Gasteiger partial charge in [-0.3, -0.25) is 9.55 Å². The first-order valence-electron chi connectivity index (χ1n) is 4.85. The Bertz CT molecular complexity index is 619. The van der Waals surface area contributed by atoms with E-state index in [2.05, 4.69) is 25.9 Å². The third kappa shape index (κ3) is 1.65. The molecule has 0 amide bonds. The highest BCUT2D eigenvalue weighted by Crippen LogP contribution is 2.45. The highest BCUT2D eigenvalue weighted by Gasteiger charge is 2.30. The Morgan fingerprint density at radius 3 is 3.12 bits per heavy atom. The Morgan fingerprint density at radius 2 is 2.41 bits per heavy atom. The number of thioether (sulfide) groups is 1. The summed E-state index contributed by atoms with van der Waals surface area (Å²) in [6.45, 7) is 0. The van der Waals surface area contributed by atoms with E-state index < -0.39 is 0 Å². The van der Waals surface area contributed by atoms with Crippen LogP contribution in [-0.2, 0) is 4.79 Å². The van der Waals surface area contributed by atoms with Crippen LogP contribution in [-0.4, -0.2) is 24.6 Å². The van der Waals surface area contributed by atoms with Crippen molar-refractivity contribution in [1.29, 1.82) is 0 Å². The van der Waals surface area contributed by atoms with Crippen molar-refractivity contribution in [2.45, 2.75) is 9.19 Å². The second-order valence-corrected chi connectivity index (χ2v) is 6.05. The van der Waals surface area contributed by atoms with Crippen LogP contribution in [0.4, 0.5) is 0 Å². The zero-order valence-corrected chi connectivity index (χ0v) is 10.9. The molecule has 0 saturated carbocycles. The fourth-order valence-electron chi connectivity index (χ4n) is 1.68. The maximum Gasteiger partial charge on any atom is 0.148 e. The van der Waals surface area contributed by atoms with Gasteiger partial charge in [0.15, 0.2) is 0 Å². The van der Waals surface area contributed by atoms with E-state index in [4.69, 9.17) is 0 Å². The van der Waals surface area contributed by atoms with Crippen molar-refractivity contribution in [3.63, 3.8) is 0 Å². The normalized spacial score (nSPS) is 17.9. The number of carbonyl (C=O) groups excluding carboxylic acids is 1. The standard InChI is InChI=1S/C11H6BrN3OS/c12-10-8(5-16)15-6-14-9(11(15)17-10)7-2-1-3-13-4-7/h1-4,6,10H. The van der Waals surface area contributed by atoms with Crippen LogP contribution in [0.5, 0.6) is 0 Å². The van der Waals surface area contributed by atoms with E-state index in [1.165, 1.54) is 0 Å². The van der Waals surface area contributed by atoms with Gasteiger partial charge in [-0.2, -0.15) is 0 Å². The van der Waals surface area contributed by atoms with Crippen LogP contribution in [0, 0.1) is 0 Å². The Hall–Kier alpha value is -1.36. The van der Waals surface area contributed by atoms with Gasteiger partial charge in [-0.1, -0.05) is 27.7 Å². The highest BCUT2D eigenvalue weighted by atomic mass is 79.9. The van der Waals surface area contributed by atoms with Gasteiger partial charge >= 0.3 is 0 Å². The average Bonchev–Trinajstić information content (AvgIpc) is 2.87. The lowest BCUT2D eigenvalue weighted by molar-refractivity contribution is 0.568. The molecule has 0 radical (unpaired) electrons. The number of imidazole rings is 1. The zero-order chi connectivity index (χ0) is 11.8. The minimum Gasteiger partial charge on any atom is -0.285 e. The van der Waals surface area contributed by atoms with Crippen molar-refractivity contribution in [2.24, 2.45) is 0 Å². The molecule has 6 heteroatoms. The molecule has 1 aliphatic rings. The van der Waals surface area contributed by atoms with E-state index in [0.29, 0.717) is 5.70 Å². The van der Waals surface area contributed by atoms with Crippen LogP contribution in [0.25, 0.3) is 17.0 Å². The van der Waals surface area contributed by atoms with Crippen molar-refractivity contribution in [1.82, 2.24) is 14.5 Å². The third-order valence-electron chi connectivity index (χ3n) is 2.45. The van der Waals surface area contributed by atoms with Gasteiger partial charge in [-0.05, 0) is 12.1 Å². The summed E-state index contributed by atoms with van der Waals surface area (Å²) >= 11 is 4.97. The maximum atomic E-state index is 10.9. The molecule has 2 aromatic heterocycles. The van der Waals surface area contributed by atoms with E-state index in [9.17, 15) is 4.79 Å². The largest absolute Gasteiger partial charge is 0.285 e. The number of pyridine rings is 1. The predicted octanol–water partition coefficient (Wildman–Crippen LogP) is 2.44. The average molecular weight is 308 g/mol. The molecule has 0 N–H and O–H groups in total. The molecule has 3 rings (SSSR count). The fraction of sp³-hybridized carbons (Fsp3) is 0.0909. The molecule has 2 aromatic rings. The van der Waals surface area contributed by atoms with Crippen molar-refractivity contribution < 1.29 is 4.79 Å². The smallest absolute Gasteiger partial charge is 0.148 e. The number of rotatable bonds is 1. The number of hydrogen-bond acceptors (Lipinski definition) is 4. The summed E-state index contributed by atoms with van der Waals surface area (Å²) in [5.41, 5.74) is 2.34. The second-order valence-electron chi connectivity index (χ2n) is 3.43. The summed E-state index contributed by atoms with van der Waals surface area (Å²) in [4.78, 5) is 19.3. The summed E-state index contributed by atoms with van der Waals surface area (Å²) in [5, 5.41) is 0.943. The molecule has 0 spiro atoms. The van der Waals surface area contributed by atoms with Gasteiger partial charge < -0.3 is 0 Å². The van der Waals surface area contributed by atoms with Gasteiger partial charge in [-0.25, -0.2) is 9.78 Å². The summed E-state index contributed by atoms with van der Waals surface area (Å²) in [6, 6.07) is 3.81. The quantitative estimate of drug-likeness (QED) is 0.600. The number of aromatic nitrogens is 3. The van der Waals surface area contributed by atoms with Gasteiger partial charge in [0.25, 0.3) is 0 Å². The van der Waals surface area contributed by atoms with Crippen LogP contribution in [0.3, 0.4) is 0 Å². The molecule has 84 valence electrons. The number of fused-ring (bicyclic) bond motifs is 1. The van der Waals surface area contributed by atoms with Gasteiger partial charge in [-0.15, -0.1) is 0 Å². The molecule has 0 bridgehead atoms. The van der Waals surface area contributed by atoms with Crippen molar-refractivity contribution in [2.75, 3.05) is 0 Å². The topological polar surface area (TPSA) is 47.8 Å². The minimum absolute atomic E-state index is 0.0616. The second kappa shape index (κ2) is 4.14. The zero-order valence-electron chi connectivity index (χ0n) is 8.50. The number of hydrogen-bond donors (Lipinski definition) is 0.